The quantitative estimate of drug-likeness (QED) is 0.0446. The number of hydrogen-bond acceptors (Lipinski definition) is 17. The monoisotopic (exact) mass is 917 g/mol. The molecule has 316 valence electrons. The number of aromatic nitrogens is 6. The molecule has 0 spiro atoms. The normalized spacial score (nSPS) is 19.4. The number of rotatable bonds is 14. The van der Waals surface area contributed by atoms with Crippen molar-refractivity contribution >= 4 is 70.7 Å². The molecule has 5 heterocycles. The molecule has 63 heavy (non-hydrogen) atoms. The molecule has 2 aromatic heterocycles. The number of amides is 5. The maximum Gasteiger partial charge on any atom is 1.00 e. The Kier molecular flexibility index (Phi) is 16.5. The number of benzene rings is 2. The zero-order valence-electron chi connectivity index (χ0n) is 33.7. The van der Waals surface area contributed by atoms with E-state index in [0.717, 1.165) is 39.3 Å². The van der Waals surface area contributed by atoms with Gasteiger partial charge >= 0.3 is 59.1 Å². The number of hydrogen-bond donors (Lipinski definition) is 5. The SMILES string of the molecule is CC(=O)N1C[C@H](O)C[C@H]1C(=O)Nc1ccc(-c2ncc(C(=O)NC(C(=O)N[C@@H]3C(=O)N4C(C(=O)[O-])=C(CSc5nnnn5CC(=O)[O-])CS[C@H]34)c3ccccc3)c(=O)[nH]2)cc1.[Na+].[Na+]. The number of likely N-dealkylation sites (tertiary alicyclic amines) is 1. The van der Waals surface area contributed by atoms with Crippen molar-refractivity contribution in [2.75, 3.05) is 23.4 Å². The van der Waals surface area contributed by atoms with Crippen LogP contribution in [0.3, 0.4) is 0 Å². The second-order valence-electron chi connectivity index (χ2n) is 13.9. The Labute approximate surface area is 409 Å². The van der Waals surface area contributed by atoms with Crippen molar-refractivity contribution in [3.8, 4) is 11.4 Å². The first kappa shape index (κ1) is 49.1. The van der Waals surface area contributed by atoms with Crippen molar-refractivity contribution in [1.82, 2.24) is 50.6 Å². The zero-order chi connectivity index (χ0) is 43.5. The van der Waals surface area contributed by atoms with Crippen molar-refractivity contribution in [2.24, 2.45) is 0 Å². The molecule has 3 aliphatic heterocycles. The number of carboxylic acid groups (broad SMARTS) is 2. The second-order valence-corrected chi connectivity index (χ2v) is 15.9. The van der Waals surface area contributed by atoms with Gasteiger partial charge in [-0.25, -0.2) is 9.67 Å². The first-order valence-corrected chi connectivity index (χ1v) is 20.3. The Morgan fingerprint density at radius 1 is 1.03 bits per heavy atom. The van der Waals surface area contributed by atoms with Gasteiger partial charge in [0.25, 0.3) is 17.4 Å². The van der Waals surface area contributed by atoms with E-state index in [2.05, 4.69) is 41.4 Å². The number of thioether (sulfide) groups is 2. The average molecular weight is 918 g/mol. The summed E-state index contributed by atoms with van der Waals surface area (Å²) in [6.45, 7) is 0.742. The van der Waals surface area contributed by atoms with Crippen molar-refractivity contribution in [3.05, 3.63) is 93.5 Å². The van der Waals surface area contributed by atoms with Gasteiger partial charge in [-0.05, 0) is 45.8 Å². The van der Waals surface area contributed by atoms with E-state index >= 15 is 0 Å². The Morgan fingerprint density at radius 2 is 1.75 bits per heavy atom. The fourth-order valence-electron chi connectivity index (χ4n) is 6.90. The summed E-state index contributed by atoms with van der Waals surface area (Å²) in [7, 11) is 0. The molecule has 5 N–H and O–H groups in total. The van der Waals surface area contributed by atoms with E-state index in [4.69, 9.17) is 0 Å². The molecule has 0 saturated carbocycles. The molecule has 2 saturated heterocycles. The number of aliphatic carboxylic acids is 2. The molecular formula is C37H33N11Na2O11S2. The van der Waals surface area contributed by atoms with Crippen LogP contribution in [0.4, 0.5) is 5.69 Å². The van der Waals surface area contributed by atoms with E-state index < -0.39 is 88.5 Å². The van der Waals surface area contributed by atoms with Crippen LogP contribution in [-0.4, -0.2) is 128 Å². The Morgan fingerprint density at radius 3 is 2.40 bits per heavy atom. The molecule has 5 atom stereocenters. The summed E-state index contributed by atoms with van der Waals surface area (Å²) in [4.78, 5) is 111. The number of nitrogens with one attached hydrogen (secondary N) is 4. The number of carbonyl (C=O) groups is 7. The standard InChI is InChI=1S/C37H35N11O11S2.2Na/c1-17(49)46-13-22(50)11-24(46)32(55)39-21-9-7-19(8-10-21)29-38-12-23(31(54)42-29)30(53)40-26(18-5-3-2-4-6-18)33(56)41-27-34(57)48-28(36(58)59)20(15-60-35(27)48)16-61-37-43-44-45-47(37)14-25(51)52;;/h2-10,12,22,24,26-27,35,50H,11,13-16H2,1H3,(H,39,55)(H,40,53)(H,41,56)(H,51,52)(H,58,59)(H,38,42,54);;/q;2*+1/p-2/t22-,24+,26?,27-,35-;;/m1../s1. The van der Waals surface area contributed by atoms with Crippen LogP contribution in [0.5, 0.6) is 0 Å². The van der Waals surface area contributed by atoms with Crippen molar-refractivity contribution in [1.29, 1.82) is 0 Å². The van der Waals surface area contributed by atoms with Crippen molar-refractivity contribution in [3.63, 3.8) is 0 Å². The summed E-state index contributed by atoms with van der Waals surface area (Å²) in [6, 6.07) is 10.8. The maximum atomic E-state index is 13.8. The van der Waals surface area contributed by atoms with E-state index in [-0.39, 0.29) is 106 Å². The van der Waals surface area contributed by atoms with Crippen LogP contribution in [0.15, 0.2) is 82.0 Å². The molecule has 2 aromatic carbocycles. The minimum absolute atomic E-state index is 0. The summed E-state index contributed by atoms with van der Waals surface area (Å²) in [5, 5.41) is 51.1. The fourth-order valence-corrected chi connectivity index (χ4v) is 9.26. The van der Waals surface area contributed by atoms with Gasteiger partial charge in [-0.15, -0.1) is 16.9 Å². The third-order valence-electron chi connectivity index (χ3n) is 9.82. The number of tetrazole rings is 1. The Bertz CT molecular complexity index is 2530. The van der Waals surface area contributed by atoms with E-state index in [1.54, 1.807) is 54.6 Å². The number of carboxylic acids is 2. The molecule has 22 nitrogen and oxygen atoms in total. The van der Waals surface area contributed by atoms with E-state index in [0.29, 0.717) is 16.8 Å². The van der Waals surface area contributed by atoms with Gasteiger partial charge in [-0.3, -0.25) is 33.7 Å². The first-order valence-electron chi connectivity index (χ1n) is 18.3. The zero-order valence-corrected chi connectivity index (χ0v) is 39.3. The molecule has 3 aliphatic rings. The summed E-state index contributed by atoms with van der Waals surface area (Å²) in [5.41, 5.74) is -0.308. The summed E-state index contributed by atoms with van der Waals surface area (Å²) >= 11 is 2.11. The number of aliphatic hydroxyl groups is 1. The smallest absolute Gasteiger partial charge is 0.548 e. The minimum Gasteiger partial charge on any atom is -0.548 e. The van der Waals surface area contributed by atoms with E-state index in [1.165, 1.54) is 11.8 Å². The van der Waals surface area contributed by atoms with E-state index in [9.17, 15) is 53.7 Å². The van der Waals surface area contributed by atoms with Crippen LogP contribution in [0.25, 0.3) is 11.4 Å². The number of nitrogens with zero attached hydrogens (tertiary/aromatic N) is 7. The van der Waals surface area contributed by atoms with Crippen molar-refractivity contribution in [2.45, 2.75) is 54.6 Å². The van der Waals surface area contributed by atoms with Gasteiger partial charge in [-0.2, -0.15) is 0 Å². The molecule has 0 bridgehead atoms. The van der Waals surface area contributed by atoms with Gasteiger partial charge in [0.2, 0.25) is 22.9 Å². The minimum atomic E-state index is -1.64. The number of aliphatic hydroxyl groups excluding tert-OH is 1. The molecular weight excluding hydrogens is 885 g/mol. The van der Waals surface area contributed by atoms with Crippen LogP contribution in [0.1, 0.15) is 35.3 Å². The van der Waals surface area contributed by atoms with Gasteiger partial charge in [0.1, 0.15) is 34.9 Å². The molecule has 1 unspecified atom stereocenters. The molecule has 7 rings (SSSR count). The van der Waals surface area contributed by atoms with Crippen molar-refractivity contribution < 1.29 is 108 Å². The van der Waals surface area contributed by atoms with Crippen LogP contribution < -0.4 is 90.8 Å². The number of carbonyl (C=O) groups excluding carboxylic acids is 7. The fraction of sp³-hybridized carbons (Fsp3) is 0.297. The van der Waals surface area contributed by atoms with Crippen LogP contribution >= 0.6 is 23.5 Å². The van der Waals surface area contributed by atoms with Gasteiger partial charge in [0.05, 0.1) is 30.3 Å². The number of β-lactam (4-membered cyclic amide) rings is 1. The average Bonchev–Trinajstić information content (AvgIpc) is 3.86. The van der Waals surface area contributed by atoms with Crippen LogP contribution in [-0.2, 0) is 35.3 Å². The topological polar surface area (TPSA) is 318 Å². The molecule has 0 aliphatic carbocycles. The molecule has 5 amide bonds. The van der Waals surface area contributed by atoms with Gasteiger partial charge in [0, 0.05) is 48.8 Å². The van der Waals surface area contributed by atoms with E-state index in [1.807, 2.05) is 0 Å². The van der Waals surface area contributed by atoms with Crippen LogP contribution in [0.2, 0.25) is 0 Å². The maximum absolute atomic E-state index is 13.8. The molecule has 26 heteroatoms. The molecule has 0 radical (unpaired) electrons. The second kappa shape index (κ2) is 21.2. The number of H-pyrrole nitrogens is 1. The molecule has 2 fully saturated rings. The predicted molar refractivity (Wildman–Crippen MR) is 208 cm³/mol. The molecule has 4 aromatic rings. The van der Waals surface area contributed by atoms with Gasteiger partial charge < -0.3 is 50.7 Å². The third-order valence-corrected chi connectivity index (χ3v) is 12.2. The number of aromatic amines is 1. The summed E-state index contributed by atoms with van der Waals surface area (Å²) in [5.74, 6) is -6.30. The first-order chi connectivity index (χ1) is 29.2. The summed E-state index contributed by atoms with van der Waals surface area (Å²) < 4.78 is 0.964. The number of fused-ring (bicyclic) bond motifs is 1. The van der Waals surface area contributed by atoms with Gasteiger partial charge in [-0.1, -0.05) is 42.1 Å². The van der Waals surface area contributed by atoms with Crippen LogP contribution in [0, 0.1) is 0 Å². The number of β-amino-alcohol motifs (C(OH)–C–C–N with tert-alkyl or cyclic N) is 1. The predicted octanol–water partition coefficient (Wildman–Crippen LogP) is -9.23. The Hall–Kier alpha value is -4.92. The third kappa shape index (κ3) is 10.9. The number of anilines is 1. The van der Waals surface area contributed by atoms with Gasteiger partial charge in [0.15, 0.2) is 0 Å². The Balaban J connectivity index is 0.00000374. The summed E-state index contributed by atoms with van der Waals surface area (Å²) in [6.07, 6.45) is 0.313. The largest absolute Gasteiger partial charge is 1.00 e.